The summed E-state index contributed by atoms with van der Waals surface area (Å²) < 4.78 is 10.5. The van der Waals surface area contributed by atoms with E-state index in [0.717, 1.165) is 63.8 Å². The maximum atomic E-state index is 12.9. The van der Waals surface area contributed by atoms with Gasteiger partial charge in [-0.05, 0) is 53.0 Å². The van der Waals surface area contributed by atoms with Crippen LogP contribution in [-0.4, -0.2) is 28.5 Å². The van der Waals surface area contributed by atoms with Crippen LogP contribution in [0.2, 0.25) is 0 Å². The van der Waals surface area contributed by atoms with Gasteiger partial charge >= 0.3 is 0 Å². The van der Waals surface area contributed by atoms with Crippen molar-refractivity contribution < 1.29 is 31.1 Å². The van der Waals surface area contributed by atoms with Crippen molar-refractivity contribution in [3.63, 3.8) is 0 Å². The molecule has 2 heterocycles. The number of hydrogen-bond donors (Lipinski definition) is 0. The van der Waals surface area contributed by atoms with Crippen LogP contribution < -0.4 is 21.5 Å². The number of aromatic nitrogens is 3. The van der Waals surface area contributed by atoms with Gasteiger partial charge in [0.1, 0.15) is 10.3 Å². The third kappa shape index (κ3) is 5.22. The molecule has 0 aliphatic carbocycles. The van der Waals surface area contributed by atoms with E-state index >= 15 is 0 Å². The lowest BCUT2D eigenvalue weighted by Crippen LogP contribution is -3.00. The molecule has 0 N–H and O–H groups in total. The van der Waals surface area contributed by atoms with E-state index in [2.05, 4.69) is 26.6 Å². The van der Waals surface area contributed by atoms with E-state index in [-0.39, 0.29) is 29.3 Å². The normalized spacial score (nSPS) is 11.1. The predicted octanol–water partition coefficient (Wildman–Crippen LogP) is 1.86. The smallest absolute Gasteiger partial charge is 0.227 e. The van der Waals surface area contributed by atoms with Crippen molar-refractivity contribution in [1.29, 1.82) is 0 Å². The van der Waals surface area contributed by atoms with Gasteiger partial charge in [0.25, 0.3) is 0 Å². The van der Waals surface area contributed by atoms with E-state index in [1.54, 1.807) is 0 Å². The molecule has 4 aromatic rings. The van der Waals surface area contributed by atoms with Gasteiger partial charge in [0, 0.05) is 25.3 Å². The molecule has 0 aliphatic rings. The van der Waals surface area contributed by atoms with Crippen molar-refractivity contribution in [2.75, 3.05) is 13.2 Å². The van der Waals surface area contributed by atoms with E-state index < -0.39 is 0 Å². The number of rotatable bonds is 8. The zero-order valence-electron chi connectivity index (χ0n) is 17.6. The Morgan fingerprint density at radius 1 is 1.16 bits per heavy atom. The van der Waals surface area contributed by atoms with E-state index in [4.69, 9.17) is 9.72 Å². The molecular formula is C24H25Br2N3O2. The molecule has 7 heteroatoms. The molecule has 2 aromatic heterocycles. The molecule has 0 aliphatic heterocycles. The van der Waals surface area contributed by atoms with Gasteiger partial charge in [0.2, 0.25) is 12.3 Å². The monoisotopic (exact) mass is 545 g/mol. The molecule has 2 aromatic carbocycles. The molecule has 0 saturated heterocycles. The van der Waals surface area contributed by atoms with Gasteiger partial charge in [-0.3, -0.25) is 4.79 Å². The molecule has 0 unspecified atom stereocenters. The second kappa shape index (κ2) is 10.5. The van der Waals surface area contributed by atoms with E-state index in [1.165, 1.54) is 0 Å². The third-order valence-electron chi connectivity index (χ3n) is 5.25. The first-order valence-corrected chi connectivity index (χ1v) is 11.0. The average molecular weight is 547 g/mol. The predicted molar refractivity (Wildman–Crippen MR) is 122 cm³/mol. The molecule has 5 nitrogen and oxygen atoms in total. The maximum absolute atomic E-state index is 12.9. The second-order valence-electron chi connectivity index (χ2n) is 7.36. The summed E-state index contributed by atoms with van der Waals surface area (Å²) in [6.07, 6.45) is 4.84. The Labute approximate surface area is 200 Å². The number of ketones is 1. The summed E-state index contributed by atoms with van der Waals surface area (Å²) in [5.74, 6) is 1.03. The zero-order chi connectivity index (χ0) is 21.1. The summed E-state index contributed by atoms with van der Waals surface area (Å²) in [5.41, 5.74) is 2.65. The molecule has 0 saturated carbocycles. The quantitative estimate of drug-likeness (QED) is 0.192. The summed E-state index contributed by atoms with van der Waals surface area (Å²) in [6.45, 7) is 6.60. The molecule has 0 spiro atoms. The SMILES string of the molecule is CCOCCCn1c(C)nc2c[n+](CC(=O)c3ccc4ccccc4c3)cc(Br)c21.[Br-]. The largest absolute Gasteiger partial charge is 1.00 e. The third-order valence-corrected chi connectivity index (χ3v) is 5.83. The van der Waals surface area contributed by atoms with Gasteiger partial charge in [0.05, 0.1) is 5.52 Å². The van der Waals surface area contributed by atoms with E-state index in [9.17, 15) is 4.79 Å². The van der Waals surface area contributed by atoms with Crippen LogP contribution in [-0.2, 0) is 17.8 Å². The number of carbonyl (C=O) groups excluding carboxylic acids is 1. The lowest BCUT2D eigenvalue weighted by Gasteiger charge is -2.08. The van der Waals surface area contributed by atoms with Gasteiger partial charge in [-0.25, -0.2) is 4.98 Å². The number of benzene rings is 2. The Balaban J connectivity index is 0.00000272. The zero-order valence-corrected chi connectivity index (χ0v) is 20.8. The van der Waals surface area contributed by atoms with Gasteiger partial charge in [-0.15, -0.1) is 0 Å². The highest BCUT2D eigenvalue weighted by atomic mass is 79.9. The second-order valence-corrected chi connectivity index (χ2v) is 8.21. The van der Waals surface area contributed by atoms with Gasteiger partial charge in [0.15, 0.2) is 17.9 Å². The van der Waals surface area contributed by atoms with Crippen LogP contribution in [0.4, 0.5) is 0 Å². The van der Waals surface area contributed by atoms with Crippen molar-refractivity contribution in [1.82, 2.24) is 9.55 Å². The number of halogens is 2. The minimum atomic E-state index is 0. The van der Waals surface area contributed by atoms with Crippen LogP contribution in [0.25, 0.3) is 21.8 Å². The molecule has 4 rings (SSSR count). The number of hydrogen-bond acceptors (Lipinski definition) is 3. The Morgan fingerprint density at radius 2 is 1.94 bits per heavy atom. The van der Waals surface area contributed by atoms with Crippen molar-refractivity contribution in [3.8, 4) is 0 Å². The topological polar surface area (TPSA) is 48.0 Å². The number of fused-ring (bicyclic) bond motifs is 2. The Bertz CT molecular complexity index is 1220. The molecule has 31 heavy (non-hydrogen) atoms. The van der Waals surface area contributed by atoms with Gasteiger partial charge in [-0.1, -0.05) is 36.4 Å². The summed E-state index contributed by atoms with van der Waals surface area (Å²) in [7, 11) is 0. The molecule has 0 bridgehead atoms. The van der Waals surface area contributed by atoms with Gasteiger partial charge in [-0.2, -0.15) is 4.57 Å². The molecular weight excluding hydrogens is 522 g/mol. The average Bonchev–Trinajstić information content (AvgIpc) is 3.06. The van der Waals surface area contributed by atoms with Gasteiger partial charge < -0.3 is 26.3 Å². The Hall–Kier alpha value is -2.09. The van der Waals surface area contributed by atoms with Crippen molar-refractivity contribution in [2.24, 2.45) is 0 Å². The van der Waals surface area contributed by atoms with Crippen LogP contribution in [0.3, 0.4) is 0 Å². The highest BCUT2D eigenvalue weighted by Gasteiger charge is 2.19. The van der Waals surface area contributed by atoms with Crippen LogP contribution in [0.1, 0.15) is 29.5 Å². The highest BCUT2D eigenvalue weighted by Crippen LogP contribution is 2.24. The first-order chi connectivity index (χ1) is 14.6. The molecule has 0 fully saturated rings. The minimum Gasteiger partial charge on any atom is -1.00 e. The summed E-state index contributed by atoms with van der Waals surface area (Å²) in [6, 6.07) is 13.9. The molecule has 0 radical (unpaired) electrons. The summed E-state index contributed by atoms with van der Waals surface area (Å²) in [5, 5.41) is 2.21. The first-order valence-electron chi connectivity index (χ1n) is 10.2. The maximum Gasteiger partial charge on any atom is 0.227 e. The van der Waals surface area contributed by atoms with Crippen LogP contribution in [0, 0.1) is 6.92 Å². The fraction of sp³-hybridized carbons (Fsp3) is 0.292. The molecule has 0 atom stereocenters. The number of ether oxygens (including phenoxy) is 1. The Kier molecular flexibility index (Phi) is 7.97. The number of Topliss-reactive ketones (excluding diaryl/α,β-unsaturated/α-hetero) is 1. The first kappa shape index (κ1) is 23.6. The van der Waals surface area contributed by atoms with Crippen LogP contribution in [0.15, 0.2) is 59.3 Å². The highest BCUT2D eigenvalue weighted by molar-refractivity contribution is 9.10. The Morgan fingerprint density at radius 3 is 2.71 bits per heavy atom. The minimum absolute atomic E-state index is 0. The molecule has 0 amide bonds. The fourth-order valence-electron chi connectivity index (χ4n) is 3.78. The van der Waals surface area contributed by atoms with Crippen molar-refractivity contribution in [3.05, 3.63) is 70.7 Å². The standard InChI is InChI=1S/C24H25BrN3O2.BrH/c1-3-30-12-6-11-28-17(2)26-22-15-27(14-21(25)24(22)28)16-23(29)20-10-9-18-7-4-5-8-19(18)13-20;/h4-5,7-10,13-15H,3,6,11-12,16H2,1-2H3;1H/q+1;/p-1. The van der Waals surface area contributed by atoms with E-state index in [0.29, 0.717) is 0 Å². The lowest BCUT2D eigenvalue weighted by molar-refractivity contribution is -0.682. The lowest BCUT2D eigenvalue weighted by atomic mass is 10.0. The fourth-order valence-corrected chi connectivity index (χ4v) is 4.46. The van der Waals surface area contributed by atoms with Crippen LogP contribution >= 0.6 is 15.9 Å². The van der Waals surface area contributed by atoms with Crippen molar-refractivity contribution in [2.45, 2.75) is 33.4 Å². The molecule has 162 valence electrons. The number of imidazole rings is 1. The number of carbonyl (C=O) groups is 1. The van der Waals surface area contributed by atoms with Crippen molar-refractivity contribution >= 4 is 43.5 Å². The number of nitrogens with zero attached hydrogens (tertiary/aromatic N) is 3. The summed E-state index contributed by atoms with van der Waals surface area (Å²) >= 11 is 3.69. The van der Waals surface area contributed by atoms with E-state index in [1.807, 2.05) is 67.2 Å². The number of aryl methyl sites for hydroxylation is 2. The number of pyridine rings is 1. The summed E-state index contributed by atoms with van der Waals surface area (Å²) in [4.78, 5) is 17.6. The van der Waals surface area contributed by atoms with Crippen LogP contribution in [0.5, 0.6) is 0 Å².